The van der Waals surface area contributed by atoms with Gasteiger partial charge in [0.1, 0.15) is 6.04 Å². The summed E-state index contributed by atoms with van der Waals surface area (Å²) < 4.78 is 0. The van der Waals surface area contributed by atoms with Gasteiger partial charge in [-0.3, -0.25) is 4.79 Å². The van der Waals surface area contributed by atoms with Gasteiger partial charge in [-0.25, -0.2) is 4.79 Å². The summed E-state index contributed by atoms with van der Waals surface area (Å²) >= 11 is 0. The van der Waals surface area contributed by atoms with Crippen LogP contribution in [0.5, 0.6) is 0 Å². The lowest BCUT2D eigenvalue weighted by atomic mass is 10.1. The topological polar surface area (TPSA) is 66.4 Å². The first-order valence-corrected chi connectivity index (χ1v) is 7.39. The van der Waals surface area contributed by atoms with Gasteiger partial charge in [-0.1, -0.05) is 55.3 Å². The summed E-state index contributed by atoms with van der Waals surface area (Å²) in [5.74, 6) is -0.653. The zero-order valence-electron chi connectivity index (χ0n) is 12.0. The van der Waals surface area contributed by atoms with Crippen LogP contribution in [0.3, 0.4) is 0 Å². The van der Waals surface area contributed by atoms with Gasteiger partial charge in [0.05, 0.1) is 0 Å². The van der Waals surface area contributed by atoms with E-state index >= 15 is 0 Å². The highest BCUT2D eigenvalue weighted by atomic mass is 16.4. The van der Waals surface area contributed by atoms with Crippen LogP contribution in [0.25, 0.3) is 6.08 Å². The summed E-state index contributed by atoms with van der Waals surface area (Å²) in [6, 6.07) is 9.13. The highest BCUT2D eigenvalue weighted by molar-refractivity contribution is 5.83. The average Bonchev–Trinajstić information content (AvgIpc) is 3.28. The molecule has 0 heterocycles. The van der Waals surface area contributed by atoms with E-state index in [2.05, 4.69) is 5.32 Å². The minimum Gasteiger partial charge on any atom is -0.480 e. The Morgan fingerprint density at radius 1 is 1.29 bits per heavy atom. The summed E-state index contributed by atoms with van der Waals surface area (Å²) in [5, 5.41) is 11.7. The minimum atomic E-state index is -0.935. The Labute approximate surface area is 124 Å². The molecule has 1 atom stereocenters. The lowest BCUT2D eigenvalue weighted by Crippen LogP contribution is -2.40. The van der Waals surface area contributed by atoms with E-state index in [0.717, 1.165) is 18.4 Å². The molecule has 1 unspecified atom stereocenters. The van der Waals surface area contributed by atoms with E-state index in [0.29, 0.717) is 25.2 Å². The zero-order valence-corrected chi connectivity index (χ0v) is 12.0. The van der Waals surface area contributed by atoms with Gasteiger partial charge in [0, 0.05) is 6.42 Å². The fraction of sp³-hybridized carbons (Fsp3) is 0.412. The number of carboxylic acids is 1. The van der Waals surface area contributed by atoms with Gasteiger partial charge in [0.2, 0.25) is 5.91 Å². The first kappa shape index (κ1) is 15.3. The van der Waals surface area contributed by atoms with Crippen molar-refractivity contribution in [1.29, 1.82) is 0 Å². The molecule has 1 fully saturated rings. The number of carbonyl (C=O) groups excluding carboxylic acids is 1. The maximum atomic E-state index is 11.8. The summed E-state index contributed by atoms with van der Waals surface area (Å²) in [7, 11) is 0. The van der Waals surface area contributed by atoms with E-state index < -0.39 is 12.0 Å². The number of aliphatic carboxylic acids is 1. The molecule has 2 N–H and O–H groups in total. The van der Waals surface area contributed by atoms with Gasteiger partial charge in [0.25, 0.3) is 0 Å². The van der Waals surface area contributed by atoms with Crippen molar-refractivity contribution in [2.24, 2.45) is 5.92 Å². The van der Waals surface area contributed by atoms with E-state index in [1.807, 2.05) is 42.5 Å². The van der Waals surface area contributed by atoms with Crippen molar-refractivity contribution >= 4 is 18.0 Å². The van der Waals surface area contributed by atoms with Crippen molar-refractivity contribution in [3.63, 3.8) is 0 Å². The van der Waals surface area contributed by atoms with Crippen LogP contribution in [0, 0.1) is 5.92 Å². The molecule has 0 aliphatic heterocycles. The van der Waals surface area contributed by atoms with Crippen molar-refractivity contribution in [3.05, 3.63) is 42.0 Å². The molecule has 0 saturated heterocycles. The molecule has 1 aliphatic carbocycles. The molecule has 4 nitrogen and oxygen atoms in total. The molecule has 1 aliphatic rings. The van der Waals surface area contributed by atoms with Crippen LogP contribution in [-0.4, -0.2) is 23.0 Å². The number of carboxylic acid groups (broad SMARTS) is 1. The average molecular weight is 287 g/mol. The highest BCUT2D eigenvalue weighted by Crippen LogP contribution is 2.33. The molecular formula is C17H21NO3. The molecular weight excluding hydrogens is 266 g/mol. The minimum absolute atomic E-state index is 0.194. The van der Waals surface area contributed by atoms with Crippen LogP contribution in [0.1, 0.15) is 37.7 Å². The molecule has 0 radical (unpaired) electrons. The molecule has 0 aromatic heterocycles. The standard InChI is InChI=1S/C17H21NO3/c19-16(18-15(17(20)21)12-14-10-11-14)9-5-4-8-13-6-2-1-3-7-13/h1-4,6-8,14-15H,5,9-12H2,(H,18,19)(H,20,21)/b8-4+. The maximum Gasteiger partial charge on any atom is 0.326 e. The second kappa shape index (κ2) is 7.62. The van der Waals surface area contributed by atoms with E-state index in [1.165, 1.54) is 0 Å². The third-order valence-electron chi connectivity index (χ3n) is 3.55. The molecule has 2 rings (SSSR count). The number of carbonyl (C=O) groups is 2. The Morgan fingerprint density at radius 3 is 2.62 bits per heavy atom. The summed E-state index contributed by atoms with van der Waals surface area (Å²) in [5.41, 5.74) is 1.09. The van der Waals surface area contributed by atoms with Crippen molar-refractivity contribution < 1.29 is 14.7 Å². The Hall–Kier alpha value is -2.10. The van der Waals surface area contributed by atoms with Crippen LogP contribution in [-0.2, 0) is 9.59 Å². The molecule has 1 aromatic carbocycles. The third kappa shape index (κ3) is 5.81. The van der Waals surface area contributed by atoms with Crippen LogP contribution in [0.4, 0.5) is 0 Å². The molecule has 1 aromatic rings. The van der Waals surface area contributed by atoms with Gasteiger partial charge in [-0.05, 0) is 24.3 Å². The second-order valence-corrected chi connectivity index (χ2v) is 5.49. The largest absolute Gasteiger partial charge is 0.480 e. The summed E-state index contributed by atoms with van der Waals surface area (Å²) in [4.78, 5) is 22.8. The Balaban J connectivity index is 1.70. The van der Waals surface area contributed by atoms with Crippen LogP contribution < -0.4 is 5.32 Å². The van der Waals surface area contributed by atoms with E-state index in [9.17, 15) is 9.59 Å². The van der Waals surface area contributed by atoms with Gasteiger partial charge < -0.3 is 10.4 Å². The maximum absolute atomic E-state index is 11.8. The Kier molecular flexibility index (Phi) is 5.55. The number of benzene rings is 1. The Morgan fingerprint density at radius 2 is 2.00 bits per heavy atom. The molecule has 0 spiro atoms. The second-order valence-electron chi connectivity index (χ2n) is 5.49. The van der Waals surface area contributed by atoms with Crippen LogP contribution >= 0.6 is 0 Å². The van der Waals surface area contributed by atoms with Crippen molar-refractivity contribution in [3.8, 4) is 0 Å². The molecule has 112 valence electrons. The van der Waals surface area contributed by atoms with Gasteiger partial charge in [0.15, 0.2) is 0 Å². The fourth-order valence-electron chi connectivity index (χ4n) is 2.17. The predicted molar refractivity (Wildman–Crippen MR) is 81.6 cm³/mol. The van der Waals surface area contributed by atoms with E-state index in [-0.39, 0.29) is 5.91 Å². The molecule has 0 bridgehead atoms. The Bertz CT molecular complexity index is 506. The van der Waals surface area contributed by atoms with Crippen LogP contribution in [0.2, 0.25) is 0 Å². The third-order valence-corrected chi connectivity index (χ3v) is 3.55. The zero-order chi connectivity index (χ0) is 15.1. The van der Waals surface area contributed by atoms with Crippen LogP contribution in [0.15, 0.2) is 36.4 Å². The van der Waals surface area contributed by atoms with Gasteiger partial charge >= 0.3 is 5.97 Å². The molecule has 1 saturated carbocycles. The summed E-state index contributed by atoms with van der Waals surface area (Å²) in [6.45, 7) is 0. The number of allylic oxidation sites excluding steroid dienone is 1. The molecule has 21 heavy (non-hydrogen) atoms. The van der Waals surface area contributed by atoms with Crippen molar-refractivity contribution in [2.75, 3.05) is 0 Å². The number of amides is 1. The van der Waals surface area contributed by atoms with Crippen molar-refractivity contribution in [1.82, 2.24) is 5.32 Å². The quantitative estimate of drug-likeness (QED) is 0.772. The van der Waals surface area contributed by atoms with Crippen molar-refractivity contribution in [2.45, 2.75) is 38.1 Å². The molecule has 1 amide bonds. The highest BCUT2D eigenvalue weighted by Gasteiger charge is 2.29. The lowest BCUT2D eigenvalue weighted by molar-refractivity contribution is -0.142. The number of hydrogen-bond acceptors (Lipinski definition) is 2. The monoisotopic (exact) mass is 287 g/mol. The summed E-state index contributed by atoms with van der Waals surface area (Å²) in [6.07, 6.45) is 7.55. The SMILES string of the molecule is O=C(CC/C=C/c1ccccc1)NC(CC1CC1)C(=O)O. The fourth-order valence-corrected chi connectivity index (χ4v) is 2.17. The number of hydrogen-bond donors (Lipinski definition) is 2. The lowest BCUT2D eigenvalue weighted by Gasteiger charge is -2.13. The van der Waals surface area contributed by atoms with Gasteiger partial charge in [-0.2, -0.15) is 0 Å². The number of rotatable bonds is 8. The first-order valence-electron chi connectivity index (χ1n) is 7.39. The molecule has 4 heteroatoms. The number of nitrogens with one attached hydrogen (secondary N) is 1. The van der Waals surface area contributed by atoms with E-state index in [1.54, 1.807) is 0 Å². The van der Waals surface area contributed by atoms with E-state index in [4.69, 9.17) is 5.11 Å². The first-order chi connectivity index (χ1) is 10.1. The van der Waals surface area contributed by atoms with Gasteiger partial charge in [-0.15, -0.1) is 0 Å². The predicted octanol–water partition coefficient (Wildman–Crippen LogP) is 2.85. The smallest absolute Gasteiger partial charge is 0.326 e. The normalized spacial score (nSPS) is 15.8.